The van der Waals surface area contributed by atoms with E-state index in [0.29, 0.717) is 5.82 Å². The van der Waals surface area contributed by atoms with E-state index in [-0.39, 0.29) is 30.2 Å². The van der Waals surface area contributed by atoms with Crippen LogP contribution in [0.25, 0.3) is 0 Å². The third-order valence-electron chi connectivity index (χ3n) is 2.70. The Morgan fingerprint density at radius 2 is 2.33 bits per heavy atom. The van der Waals surface area contributed by atoms with Crippen molar-refractivity contribution >= 4 is 11.6 Å². The fraction of sp³-hybridized carbons (Fsp3) is 0.231. The molecule has 0 aliphatic rings. The minimum absolute atomic E-state index is 0.0260. The van der Waals surface area contributed by atoms with Crippen LogP contribution in [0.4, 0.5) is 5.69 Å². The highest BCUT2D eigenvalue weighted by Crippen LogP contribution is 2.30. The first kappa shape index (κ1) is 14.5. The van der Waals surface area contributed by atoms with Crippen molar-refractivity contribution in [3.8, 4) is 5.75 Å². The first-order valence-electron chi connectivity index (χ1n) is 6.30. The van der Waals surface area contributed by atoms with E-state index >= 15 is 0 Å². The van der Waals surface area contributed by atoms with Crippen LogP contribution in [-0.2, 0) is 6.54 Å². The zero-order valence-electron chi connectivity index (χ0n) is 11.3. The highest BCUT2D eigenvalue weighted by atomic mass is 16.6. The second-order valence-electron chi connectivity index (χ2n) is 4.06. The summed E-state index contributed by atoms with van der Waals surface area (Å²) in [5, 5.41) is 13.6. The summed E-state index contributed by atoms with van der Waals surface area (Å²) in [7, 11) is 0. The Balaban J connectivity index is 2.23. The van der Waals surface area contributed by atoms with Crippen molar-refractivity contribution in [2.75, 3.05) is 6.61 Å². The smallest absolute Gasteiger partial charge is 0.311 e. The number of imidazole rings is 1. The highest BCUT2D eigenvalue weighted by Gasteiger charge is 2.22. The van der Waals surface area contributed by atoms with Gasteiger partial charge >= 0.3 is 5.69 Å². The summed E-state index contributed by atoms with van der Waals surface area (Å²) in [5.41, 5.74) is -0.111. The van der Waals surface area contributed by atoms with Gasteiger partial charge in [-0.3, -0.25) is 14.9 Å². The van der Waals surface area contributed by atoms with Crippen LogP contribution in [0.3, 0.4) is 0 Å². The Bertz CT molecular complexity index is 640. The minimum Gasteiger partial charge on any atom is -0.487 e. The number of nitrogens with one attached hydrogen (secondary N) is 2. The molecular formula is C13H14N4O4. The maximum absolute atomic E-state index is 12.2. The Labute approximate surface area is 120 Å². The number of aromatic nitrogens is 2. The fourth-order valence-electron chi connectivity index (χ4n) is 1.80. The molecule has 2 rings (SSSR count). The van der Waals surface area contributed by atoms with Crippen LogP contribution in [0.5, 0.6) is 5.75 Å². The lowest BCUT2D eigenvalue weighted by molar-refractivity contribution is -0.385. The number of hydrogen-bond donors (Lipinski definition) is 2. The normalized spacial score (nSPS) is 10.1. The first-order chi connectivity index (χ1) is 10.1. The molecule has 0 unspecified atom stereocenters. The molecule has 110 valence electrons. The van der Waals surface area contributed by atoms with Crippen LogP contribution >= 0.6 is 0 Å². The van der Waals surface area contributed by atoms with Gasteiger partial charge < -0.3 is 15.0 Å². The zero-order valence-corrected chi connectivity index (χ0v) is 11.3. The number of rotatable bonds is 6. The topological polar surface area (TPSA) is 110 Å². The van der Waals surface area contributed by atoms with E-state index in [1.807, 2.05) is 0 Å². The van der Waals surface area contributed by atoms with Crippen molar-refractivity contribution in [3.63, 3.8) is 0 Å². The number of hydrogen-bond acceptors (Lipinski definition) is 5. The molecule has 0 radical (unpaired) electrons. The Hall–Kier alpha value is -2.90. The van der Waals surface area contributed by atoms with Gasteiger partial charge in [-0.05, 0) is 13.0 Å². The SMILES string of the molecule is CCOc1c(C(=O)NCc2ncc[nH]2)cccc1[N+](=O)[O-]. The standard InChI is InChI=1S/C13H14N4O4/c1-2-21-12-9(4-3-5-10(12)17(19)20)13(18)16-8-11-14-6-7-15-11/h3-7H,2,8H2,1H3,(H,14,15)(H,16,18). The van der Waals surface area contributed by atoms with E-state index in [0.717, 1.165) is 0 Å². The Kier molecular flexibility index (Phi) is 4.50. The molecule has 1 heterocycles. The number of H-pyrrole nitrogens is 1. The molecule has 2 N–H and O–H groups in total. The van der Waals surface area contributed by atoms with Crippen LogP contribution in [0.1, 0.15) is 23.1 Å². The molecular weight excluding hydrogens is 276 g/mol. The largest absolute Gasteiger partial charge is 0.487 e. The van der Waals surface area contributed by atoms with Gasteiger partial charge in [-0.2, -0.15) is 0 Å². The molecule has 8 heteroatoms. The van der Waals surface area contributed by atoms with E-state index in [4.69, 9.17) is 4.74 Å². The van der Waals surface area contributed by atoms with Crippen LogP contribution in [0.2, 0.25) is 0 Å². The van der Waals surface area contributed by atoms with Gasteiger partial charge in [-0.15, -0.1) is 0 Å². The molecule has 21 heavy (non-hydrogen) atoms. The van der Waals surface area contributed by atoms with Crippen LogP contribution in [0.15, 0.2) is 30.6 Å². The number of carbonyl (C=O) groups excluding carboxylic acids is 1. The van der Waals surface area contributed by atoms with E-state index in [1.54, 1.807) is 19.3 Å². The Morgan fingerprint density at radius 3 is 2.95 bits per heavy atom. The summed E-state index contributed by atoms with van der Waals surface area (Å²) >= 11 is 0. The summed E-state index contributed by atoms with van der Waals surface area (Å²) < 4.78 is 5.26. The predicted molar refractivity (Wildman–Crippen MR) is 74.0 cm³/mol. The van der Waals surface area contributed by atoms with Crippen LogP contribution in [0, 0.1) is 10.1 Å². The van der Waals surface area contributed by atoms with E-state index in [9.17, 15) is 14.9 Å². The van der Waals surface area contributed by atoms with Crippen molar-refractivity contribution in [1.82, 2.24) is 15.3 Å². The molecule has 1 aromatic heterocycles. The highest BCUT2D eigenvalue weighted by molar-refractivity contribution is 5.98. The van der Waals surface area contributed by atoms with E-state index in [1.165, 1.54) is 18.2 Å². The summed E-state index contributed by atoms with van der Waals surface area (Å²) in [5.74, 6) is 0.104. The lowest BCUT2D eigenvalue weighted by atomic mass is 10.1. The third kappa shape index (κ3) is 3.35. The van der Waals surface area contributed by atoms with Gasteiger partial charge in [0.25, 0.3) is 5.91 Å². The van der Waals surface area contributed by atoms with Gasteiger partial charge in [0, 0.05) is 18.5 Å². The maximum Gasteiger partial charge on any atom is 0.311 e. The maximum atomic E-state index is 12.2. The second kappa shape index (κ2) is 6.51. The molecule has 0 aliphatic carbocycles. The molecule has 0 saturated carbocycles. The van der Waals surface area contributed by atoms with Crippen molar-refractivity contribution in [2.24, 2.45) is 0 Å². The zero-order chi connectivity index (χ0) is 15.2. The molecule has 0 saturated heterocycles. The van der Waals surface area contributed by atoms with Gasteiger partial charge in [-0.1, -0.05) is 6.07 Å². The monoisotopic (exact) mass is 290 g/mol. The molecule has 2 aromatic rings. The van der Waals surface area contributed by atoms with Crippen molar-refractivity contribution in [3.05, 3.63) is 52.1 Å². The van der Waals surface area contributed by atoms with Gasteiger partial charge in [-0.25, -0.2) is 4.98 Å². The molecule has 0 fully saturated rings. The summed E-state index contributed by atoms with van der Waals surface area (Å²) in [6, 6.07) is 4.23. The molecule has 1 amide bonds. The van der Waals surface area contributed by atoms with Crippen molar-refractivity contribution in [2.45, 2.75) is 13.5 Å². The van der Waals surface area contributed by atoms with E-state index in [2.05, 4.69) is 15.3 Å². The molecule has 1 aromatic carbocycles. The third-order valence-corrected chi connectivity index (χ3v) is 2.70. The quantitative estimate of drug-likeness (QED) is 0.620. The minimum atomic E-state index is -0.575. The number of nitro groups is 1. The summed E-state index contributed by atoms with van der Waals surface area (Å²) in [4.78, 5) is 29.4. The number of carbonyl (C=O) groups is 1. The number of nitro benzene ring substituents is 1. The molecule has 0 spiro atoms. The number of benzene rings is 1. The Morgan fingerprint density at radius 1 is 1.52 bits per heavy atom. The van der Waals surface area contributed by atoms with Gasteiger partial charge in [0.05, 0.1) is 23.6 Å². The number of aromatic amines is 1. The molecule has 0 bridgehead atoms. The predicted octanol–water partition coefficient (Wildman–Crippen LogP) is 1.65. The first-order valence-corrected chi connectivity index (χ1v) is 6.30. The lowest BCUT2D eigenvalue weighted by Crippen LogP contribution is -2.24. The fourth-order valence-corrected chi connectivity index (χ4v) is 1.80. The average molecular weight is 290 g/mol. The molecule has 0 aliphatic heterocycles. The van der Waals surface area contributed by atoms with Crippen molar-refractivity contribution < 1.29 is 14.5 Å². The molecule has 8 nitrogen and oxygen atoms in total. The average Bonchev–Trinajstić information content (AvgIpc) is 2.98. The molecule has 0 atom stereocenters. The number of nitrogens with zero attached hydrogens (tertiary/aromatic N) is 2. The van der Waals surface area contributed by atoms with Crippen LogP contribution < -0.4 is 10.1 Å². The lowest BCUT2D eigenvalue weighted by Gasteiger charge is -2.10. The number of amides is 1. The van der Waals surface area contributed by atoms with Gasteiger partial charge in [0.2, 0.25) is 5.75 Å². The second-order valence-corrected chi connectivity index (χ2v) is 4.06. The summed E-state index contributed by atoms with van der Waals surface area (Å²) in [6.45, 7) is 2.12. The van der Waals surface area contributed by atoms with Crippen molar-refractivity contribution in [1.29, 1.82) is 0 Å². The summed E-state index contributed by atoms with van der Waals surface area (Å²) in [6.07, 6.45) is 3.21. The van der Waals surface area contributed by atoms with E-state index < -0.39 is 10.8 Å². The number of para-hydroxylation sites is 1. The van der Waals surface area contributed by atoms with Crippen LogP contribution in [-0.4, -0.2) is 27.4 Å². The van der Waals surface area contributed by atoms with Gasteiger partial charge in [0.1, 0.15) is 5.82 Å². The number of ether oxygens (including phenoxy) is 1. The van der Waals surface area contributed by atoms with Gasteiger partial charge in [0.15, 0.2) is 0 Å².